The Balaban J connectivity index is 1.77. The van der Waals surface area contributed by atoms with Crippen LogP contribution in [-0.2, 0) is 16.1 Å². The van der Waals surface area contributed by atoms with Crippen LogP contribution in [-0.4, -0.2) is 26.1 Å². The van der Waals surface area contributed by atoms with Crippen molar-refractivity contribution in [2.24, 2.45) is 0 Å². The number of hydrogen-bond donors (Lipinski definition) is 1. The summed E-state index contributed by atoms with van der Waals surface area (Å²) in [7, 11) is 2.70. The third-order valence-electron chi connectivity index (χ3n) is 4.79. The fraction of sp³-hybridized carbons (Fsp3) is 0.115. The number of hydrogen-bond acceptors (Lipinski definition) is 6. The Morgan fingerprint density at radius 3 is 2.37 bits per heavy atom. The molecule has 0 aliphatic heterocycles. The van der Waals surface area contributed by atoms with Crippen LogP contribution in [0.3, 0.4) is 0 Å². The Labute approximate surface area is 206 Å². The molecule has 0 saturated carbocycles. The van der Waals surface area contributed by atoms with Crippen molar-refractivity contribution in [2.75, 3.05) is 19.5 Å². The Morgan fingerprint density at radius 2 is 1.77 bits per heavy atom. The summed E-state index contributed by atoms with van der Waals surface area (Å²) < 4.78 is 28.8. The van der Waals surface area contributed by atoms with Gasteiger partial charge < -0.3 is 19.5 Å². The van der Waals surface area contributed by atoms with Gasteiger partial charge in [-0.1, -0.05) is 23.7 Å². The number of carbonyl (C=O) groups is 2. The van der Waals surface area contributed by atoms with E-state index in [1.165, 1.54) is 62.8 Å². The maximum atomic E-state index is 13.1. The molecule has 0 bridgehead atoms. The van der Waals surface area contributed by atoms with Gasteiger partial charge in [-0.2, -0.15) is 5.26 Å². The van der Waals surface area contributed by atoms with E-state index in [0.29, 0.717) is 22.6 Å². The van der Waals surface area contributed by atoms with Crippen LogP contribution < -0.4 is 14.8 Å². The molecule has 0 radical (unpaired) electrons. The summed E-state index contributed by atoms with van der Waals surface area (Å²) in [4.78, 5) is 24.1. The molecule has 0 fully saturated rings. The molecule has 0 aliphatic carbocycles. The molecular weight excluding hydrogens is 475 g/mol. The maximum Gasteiger partial charge on any atom is 0.337 e. The van der Waals surface area contributed by atoms with Crippen molar-refractivity contribution in [3.8, 4) is 17.6 Å². The maximum absolute atomic E-state index is 13.1. The molecule has 0 saturated heterocycles. The number of anilines is 1. The van der Waals surface area contributed by atoms with Gasteiger partial charge in [0.2, 0.25) is 0 Å². The molecular formula is C26H20ClFN2O5. The number of benzene rings is 3. The monoisotopic (exact) mass is 494 g/mol. The summed E-state index contributed by atoms with van der Waals surface area (Å²) in [6.45, 7) is 0.131. The van der Waals surface area contributed by atoms with Crippen LogP contribution in [0.2, 0.25) is 5.02 Å². The molecule has 35 heavy (non-hydrogen) atoms. The van der Waals surface area contributed by atoms with Gasteiger partial charge in [-0.3, -0.25) is 4.79 Å². The van der Waals surface area contributed by atoms with Crippen molar-refractivity contribution in [2.45, 2.75) is 6.61 Å². The predicted octanol–water partition coefficient (Wildman–Crippen LogP) is 5.40. The van der Waals surface area contributed by atoms with E-state index < -0.39 is 11.9 Å². The molecule has 0 unspecified atom stereocenters. The van der Waals surface area contributed by atoms with Crippen LogP contribution in [0.15, 0.2) is 66.2 Å². The largest absolute Gasteiger partial charge is 0.493 e. The number of nitriles is 1. The fourth-order valence-electron chi connectivity index (χ4n) is 3.02. The number of ether oxygens (including phenoxy) is 3. The van der Waals surface area contributed by atoms with E-state index in [-0.39, 0.29) is 28.8 Å². The van der Waals surface area contributed by atoms with E-state index in [9.17, 15) is 19.2 Å². The summed E-state index contributed by atoms with van der Waals surface area (Å²) in [6.07, 6.45) is 1.36. The molecule has 178 valence electrons. The van der Waals surface area contributed by atoms with Gasteiger partial charge in [0.05, 0.1) is 24.8 Å². The van der Waals surface area contributed by atoms with Gasteiger partial charge in [-0.05, 0) is 65.7 Å². The van der Waals surface area contributed by atoms with E-state index >= 15 is 0 Å². The summed E-state index contributed by atoms with van der Waals surface area (Å²) in [5.74, 6) is -0.941. The number of nitrogens with zero attached hydrogens (tertiary/aromatic N) is 1. The number of esters is 1. The molecule has 0 heterocycles. The highest BCUT2D eigenvalue weighted by Gasteiger charge is 2.15. The van der Waals surface area contributed by atoms with Crippen molar-refractivity contribution in [1.29, 1.82) is 5.26 Å². The first-order chi connectivity index (χ1) is 16.8. The third kappa shape index (κ3) is 6.59. The Kier molecular flexibility index (Phi) is 8.43. The van der Waals surface area contributed by atoms with Crippen LogP contribution in [0.25, 0.3) is 6.08 Å². The van der Waals surface area contributed by atoms with Crippen LogP contribution in [0.4, 0.5) is 10.1 Å². The first-order valence-corrected chi connectivity index (χ1v) is 10.6. The highest BCUT2D eigenvalue weighted by Crippen LogP contribution is 2.37. The molecule has 3 aromatic carbocycles. The summed E-state index contributed by atoms with van der Waals surface area (Å²) in [5, 5.41) is 12.3. The van der Waals surface area contributed by atoms with Crippen molar-refractivity contribution < 1.29 is 28.2 Å². The Bertz CT molecular complexity index is 1300. The molecule has 1 amide bonds. The van der Waals surface area contributed by atoms with Crippen LogP contribution >= 0.6 is 11.6 Å². The van der Waals surface area contributed by atoms with Gasteiger partial charge in [0, 0.05) is 5.69 Å². The van der Waals surface area contributed by atoms with E-state index in [4.69, 9.17) is 21.1 Å². The summed E-state index contributed by atoms with van der Waals surface area (Å²) in [5.41, 5.74) is 1.71. The third-order valence-corrected chi connectivity index (χ3v) is 5.07. The lowest BCUT2D eigenvalue weighted by Gasteiger charge is -2.13. The van der Waals surface area contributed by atoms with Crippen molar-refractivity contribution >= 4 is 35.2 Å². The quantitative estimate of drug-likeness (QED) is 0.256. The minimum absolute atomic E-state index is 0.131. The Morgan fingerprint density at radius 1 is 1.09 bits per heavy atom. The molecule has 0 aromatic heterocycles. The van der Waals surface area contributed by atoms with Gasteiger partial charge in [-0.25, -0.2) is 9.18 Å². The number of rotatable bonds is 8. The van der Waals surface area contributed by atoms with Gasteiger partial charge in [0.15, 0.2) is 11.5 Å². The Hall–Kier alpha value is -4.35. The van der Waals surface area contributed by atoms with Gasteiger partial charge in [0.1, 0.15) is 24.1 Å². The van der Waals surface area contributed by atoms with Crippen molar-refractivity contribution in [3.63, 3.8) is 0 Å². The lowest BCUT2D eigenvalue weighted by Crippen LogP contribution is -2.13. The number of halogens is 2. The van der Waals surface area contributed by atoms with Crippen LogP contribution in [0, 0.1) is 17.1 Å². The summed E-state index contributed by atoms with van der Waals surface area (Å²) in [6, 6.07) is 16.8. The van der Waals surface area contributed by atoms with E-state index in [2.05, 4.69) is 10.1 Å². The first-order valence-electron chi connectivity index (χ1n) is 10.2. The zero-order valence-electron chi connectivity index (χ0n) is 18.8. The average molecular weight is 495 g/mol. The molecule has 0 aliphatic rings. The smallest absolute Gasteiger partial charge is 0.337 e. The summed E-state index contributed by atoms with van der Waals surface area (Å²) >= 11 is 6.38. The average Bonchev–Trinajstić information content (AvgIpc) is 2.87. The number of amides is 1. The second-order valence-electron chi connectivity index (χ2n) is 7.14. The second kappa shape index (κ2) is 11.7. The number of nitrogens with one attached hydrogen (secondary N) is 1. The van der Waals surface area contributed by atoms with Crippen LogP contribution in [0.5, 0.6) is 11.5 Å². The normalized spacial score (nSPS) is 10.8. The molecule has 7 nitrogen and oxygen atoms in total. The number of methoxy groups -OCH3 is 2. The minimum Gasteiger partial charge on any atom is -0.493 e. The molecule has 9 heteroatoms. The SMILES string of the molecule is COC(=O)c1ccc(NC(=O)/C(C#N)=C/c2cc(Cl)c(OCc3ccc(F)cc3)c(OC)c2)cc1. The topological polar surface area (TPSA) is 97.7 Å². The second-order valence-corrected chi connectivity index (χ2v) is 7.55. The molecule has 0 spiro atoms. The van der Waals surface area contributed by atoms with E-state index in [0.717, 1.165) is 5.56 Å². The van der Waals surface area contributed by atoms with Crippen molar-refractivity contribution in [1.82, 2.24) is 0 Å². The van der Waals surface area contributed by atoms with E-state index in [1.54, 1.807) is 18.2 Å². The highest BCUT2D eigenvalue weighted by molar-refractivity contribution is 6.32. The van der Waals surface area contributed by atoms with Gasteiger partial charge in [0.25, 0.3) is 5.91 Å². The standard InChI is InChI=1S/C26H20ClFN2O5/c1-33-23-13-17(12-22(27)24(23)35-15-16-3-7-20(28)8-4-16)11-19(14-29)25(31)30-21-9-5-18(6-10-21)26(32)34-2/h3-13H,15H2,1-2H3,(H,30,31)/b19-11+. The van der Waals surface area contributed by atoms with Gasteiger partial charge >= 0.3 is 5.97 Å². The lowest BCUT2D eigenvalue weighted by molar-refractivity contribution is -0.112. The predicted molar refractivity (Wildman–Crippen MR) is 129 cm³/mol. The van der Waals surface area contributed by atoms with Crippen LogP contribution in [0.1, 0.15) is 21.5 Å². The molecule has 0 atom stereocenters. The zero-order chi connectivity index (χ0) is 25.4. The fourth-order valence-corrected chi connectivity index (χ4v) is 3.29. The number of carbonyl (C=O) groups excluding carboxylic acids is 2. The lowest BCUT2D eigenvalue weighted by atomic mass is 10.1. The zero-order valence-corrected chi connectivity index (χ0v) is 19.6. The highest BCUT2D eigenvalue weighted by atomic mass is 35.5. The molecule has 1 N–H and O–H groups in total. The first kappa shape index (κ1) is 25.3. The molecule has 3 aromatic rings. The van der Waals surface area contributed by atoms with Crippen molar-refractivity contribution in [3.05, 3.63) is 93.8 Å². The minimum atomic E-state index is -0.648. The molecule has 3 rings (SSSR count). The van der Waals surface area contributed by atoms with E-state index in [1.807, 2.05) is 6.07 Å². The van der Waals surface area contributed by atoms with Gasteiger partial charge in [-0.15, -0.1) is 0 Å².